The van der Waals surface area contributed by atoms with Gasteiger partial charge in [0.2, 0.25) is 5.89 Å². The van der Waals surface area contributed by atoms with Crippen molar-refractivity contribution in [3.63, 3.8) is 0 Å². The summed E-state index contributed by atoms with van der Waals surface area (Å²) in [7, 11) is 0. The number of aryl methyl sites for hydroxylation is 3. The Balaban J connectivity index is 2.10. The van der Waals surface area contributed by atoms with Crippen molar-refractivity contribution in [1.29, 1.82) is 0 Å². The van der Waals surface area contributed by atoms with Crippen molar-refractivity contribution < 1.29 is 4.42 Å². The number of oxazole rings is 1. The Kier molecular flexibility index (Phi) is 2.96. The summed E-state index contributed by atoms with van der Waals surface area (Å²) in [6.07, 6.45) is 1.73. The second-order valence-electron chi connectivity index (χ2n) is 3.84. The van der Waals surface area contributed by atoms with Crippen LogP contribution in [0.3, 0.4) is 0 Å². The third-order valence-electron chi connectivity index (χ3n) is 2.38. The number of nitrogens with zero attached hydrogens (tertiary/aromatic N) is 2. The molecule has 1 N–H and O–H groups in total. The van der Waals surface area contributed by atoms with Gasteiger partial charge in [0.15, 0.2) is 5.13 Å². The molecular formula is C11H15N3OS. The SMILES string of the molecule is Cc1cnc(C(C)Nc2nc(C)c(C)s2)o1. The normalized spacial score (nSPS) is 12.8. The fraction of sp³-hybridized carbons (Fsp3) is 0.455. The van der Waals surface area contributed by atoms with Crippen LogP contribution in [0.25, 0.3) is 0 Å². The highest BCUT2D eigenvalue weighted by atomic mass is 32.1. The smallest absolute Gasteiger partial charge is 0.216 e. The summed E-state index contributed by atoms with van der Waals surface area (Å²) < 4.78 is 5.46. The van der Waals surface area contributed by atoms with Gasteiger partial charge in [-0.2, -0.15) is 0 Å². The van der Waals surface area contributed by atoms with Gasteiger partial charge in [0.25, 0.3) is 0 Å². The van der Waals surface area contributed by atoms with Gasteiger partial charge >= 0.3 is 0 Å². The monoisotopic (exact) mass is 237 g/mol. The van der Waals surface area contributed by atoms with E-state index in [1.54, 1.807) is 17.5 Å². The van der Waals surface area contributed by atoms with E-state index in [2.05, 4.69) is 22.2 Å². The van der Waals surface area contributed by atoms with Gasteiger partial charge in [0, 0.05) is 4.88 Å². The number of anilines is 1. The van der Waals surface area contributed by atoms with Crippen molar-refractivity contribution in [2.45, 2.75) is 33.7 Å². The molecule has 0 aliphatic rings. The maximum absolute atomic E-state index is 5.46. The van der Waals surface area contributed by atoms with E-state index in [1.807, 2.05) is 20.8 Å². The summed E-state index contributed by atoms with van der Waals surface area (Å²) in [6, 6.07) is 0.0404. The predicted octanol–water partition coefficient (Wildman–Crippen LogP) is 3.23. The van der Waals surface area contributed by atoms with Crippen molar-refractivity contribution >= 4 is 16.5 Å². The minimum Gasteiger partial charge on any atom is -0.444 e. The number of thiazole rings is 1. The summed E-state index contributed by atoms with van der Waals surface area (Å²) in [6.45, 7) is 7.98. The summed E-state index contributed by atoms with van der Waals surface area (Å²) in [5.74, 6) is 1.53. The molecule has 0 aromatic carbocycles. The van der Waals surface area contributed by atoms with Gasteiger partial charge in [-0.15, -0.1) is 11.3 Å². The Morgan fingerprint density at radius 1 is 1.38 bits per heavy atom. The molecular weight excluding hydrogens is 222 g/mol. The van der Waals surface area contributed by atoms with Crippen LogP contribution in [0.4, 0.5) is 5.13 Å². The standard InChI is InChI=1S/C11H15N3OS/c1-6-5-12-10(15-6)8(3)14-11-13-7(2)9(4)16-11/h5,8H,1-4H3,(H,13,14). The molecule has 1 atom stereocenters. The topological polar surface area (TPSA) is 51.0 Å². The first-order chi connectivity index (χ1) is 7.56. The van der Waals surface area contributed by atoms with Crippen molar-refractivity contribution in [2.75, 3.05) is 5.32 Å². The van der Waals surface area contributed by atoms with Gasteiger partial charge in [-0.05, 0) is 27.7 Å². The molecule has 16 heavy (non-hydrogen) atoms. The largest absolute Gasteiger partial charge is 0.444 e. The van der Waals surface area contributed by atoms with E-state index in [0.717, 1.165) is 16.6 Å². The van der Waals surface area contributed by atoms with Gasteiger partial charge in [0.1, 0.15) is 11.8 Å². The van der Waals surface area contributed by atoms with Crippen LogP contribution >= 0.6 is 11.3 Å². The fourth-order valence-corrected chi connectivity index (χ4v) is 2.26. The maximum atomic E-state index is 5.46. The Bertz CT molecular complexity index is 470. The van der Waals surface area contributed by atoms with Crippen LogP contribution in [0.5, 0.6) is 0 Å². The number of aromatic nitrogens is 2. The molecule has 1 unspecified atom stereocenters. The predicted molar refractivity (Wildman–Crippen MR) is 64.9 cm³/mol. The summed E-state index contributed by atoms with van der Waals surface area (Å²) in [5, 5.41) is 4.20. The summed E-state index contributed by atoms with van der Waals surface area (Å²) in [4.78, 5) is 9.84. The van der Waals surface area contributed by atoms with Crippen LogP contribution in [-0.2, 0) is 0 Å². The molecule has 4 nitrogen and oxygen atoms in total. The number of nitrogens with one attached hydrogen (secondary N) is 1. The zero-order valence-electron chi connectivity index (χ0n) is 9.87. The van der Waals surface area contributed by atoms with Crippen LogP contribution in [0, 0.1) is 20.8 Å². The second kappa shape index (κ2) is 4.25. The molecule has 2 aromatic heterocycles. The van der Waals surface area contributed by atoms with E-state index >= 15 is 0 Å². The molecule has 2 aromatic rings. The van der Waals surface area contributed by atoms with Gasteiger partial charge in [-0.3, -0.25) is 0 Å². The molecule has 0 saturated carbocycles. The third-order valence-corrected chi connectivity index (χ3v) is 3.38. The molecule has 0 bridgehead atoms. The van der Waals surface area contributed by atoms with Crippen LogP contribution in [0.2, 0.25) is 0 Å². The minimum absolute atomic E-state index is 0.0404. The first-order valence-corrected chi connectivity index (χ1v) is 6.01. The molecule has 2 rings (SSSR count). The van der Waals surface area contributed by atoms with Crippen LogP contribution in [-0.4, -0.2) is 9.97 Å². The zero-order chi connectivity index (χ0) is 11.7. The van der Waals surface area contributed by atoms with Crippen LogP contribution in [0.1, 0.15) is 35.2 Å². The number of hydrogen-bond donors (Lipinski definition) is 1. The molecule has 2 heterocycles. The number of hydrogen-bond acceptors (Lipinski definition) is 5. The lowest BCUT2D eigenvalue weighted by atomic mass is 10.3. The quantitative estimate of drug-likeness (QED) is 0.890. The molecule has 0 radical (unpaired) electrons. The molecule has 0 saturated heterocycles. The summed E-state index contributed by atoms with van der Waals surface area (Å²) >= 11 is 1.65. The Hall–Kier alpha value is -1.36. The van der Waals surface area contributed by atoms with E-state index in [-0.39, 0.29) is 6.04 Å². The van der Waals surface area contributed by atoms with E-state index in [1.165, 1.54) is 4.88 Å². The average Bonchev–Trinajstić information content (AvgIpc) is 2.75. The number of rotatable bonds is 3. The molecule has 0 spiro atoms. The van der Waals surface area contributed by atoms with E-state index in [9.17, 15) is 0 Å². The van der Waals surface area contributed by atoms with E-state index in [4.69, 9.17) is 4.42 Å². The highest BCUT2D eigenvalue weighted by Crippen LogP contribution is 2.25. The minimum atomic E-state index is 0.0404. The lowest BCUT2D eigenvalue weighted by Crippen LogP contribution is -2.06. The van der Waals surface area contributed by atoms with Crippen LogP contribution in [0.15, 0.2) is 10.6 Å². The van der Waals surface area contributed by atoms with Crippen LogP contribution < -0.4 is 5.32 Å². The molecule has 0 aliphatic heterocycles. The molecule has 0 amide bonds. The first kappa shape index (κ1) is 11.1. The zero-order valence-corrected chi connectivity index (χ0v) is 10.7. The lowest BCUT2D eigenvalue weighted by molar-refractivity contribution is 0.453. The second-order valence-corrected chi connectivity index (χ2v) is 5.04. The van der Waals surface area contributed by atoms with Gasteiger partial charge in [-0.25, -0.2) is 9.97 Å². The fourth-order valence-electron chi connectivity index (χ4n) is 1.35. The van der Waals surface area contributed by atoms with Crippen molar-refractivity contribution in [1.82, 2.24) is 9.97 Å². The molecule has 86 valence electrons. The Labute approximate surface area is 98.7 Å². The molecule has 5 heteroatoms. The first-order valence-electron chi connectivity index (χ1n) is 5.19. The highest BCUT2D eigenvalue weighted by Gasteiger charge is 2.13. The van der Waals surface area contributed by atoms with E-state index < -0.39 is 0 Å². The van der Waals surface area contributed by atoms with Crippen molar-refractivity contribution in [3.8, 4) is 0 Å². The summed E-state index contributed by atoms with van der Waals surface area (Å²) in [5.41, 5.74) is 1.07. The van der Waals surface area contributed by atoms with Crippen molar-refractivity contribution in [2.24, 2.45) is 0 Å². The molecule has 0 aliphatic carbocycles. The highest BCUT2D eigenvalue weighted by molar-refractivity contribution is 7.15. The lowest BCUT2D eigenvalue weighted by Gasteiger charge is -2.07. The van der Waals surface area contributed by atoms with Crippen molar-refractivity contribution in [3.05, 3.63) is 28.4 Å². The van der Waals surface area contributed by atoms with Gasteiger partial charge in [0.05, 0.1) is 11.9 Å². The van der Waals surface area contributed by atoms with Gasteiger partial charge in [-0.1, -0.05) is 0 Å². The third kappa shape index (κ3) is 2.24. The Morgan fingerprint density at radius 3 is 2.62 bits per heavy atom. The average molecular weight is 237 g/mol. The van der Waals surface area contributed by atoms with E-state index in [0.29, 0.717) is 5.89 Å². The van der Waals surface area contributed by atoms with Gasteiger partial charge < -0.3 is 9.73 Å². The Morgan fingerprint density at radius 2 is 2.12 bits per heavy atom. The maximum Gasteiger partial charge on any atom is 0.216 e. The molecule has 0 fully saturated rings.